The Morgan fingerprint density at radius 3 is 3.00 bits per heavy atom. The molecule has 1 aliphatic rings. The standard InChI is InChI=1S/C12H20N4/c1-9(6-13-2)7-14-12-10-4-3-5-11(10)15-8-16-12/h8-9,13H,3-7H2,1-2H3,(H,14,15,16). The monoisotopic (exact) mass is 220 g/mol. The molecule has 0 amide bonds. The fourth-order valence-corrected chi connectivity index (χ4v) is 2.20. The van der Waals surface area contributed by atoms with E-state index in [2.05, 4.69) is 27.5 Å². The molecule has 2 N–H and O–H groups in total. The zero-order chi connectivity index (χ0) is 11.4. The highest BCUT2D eigenvalue weighted by Crippen LogP contribution is 2.24. The van der Waals surface area contributed by atoms with Crippen LogP contribution in [0, 0.1) is 5.92 Å². The van der Waals surface area contributed by atoms with Gasteiger partial charge in [0.2, 0.25) is 0 Å². The summed E-state index contributed by atoms with van der Waals surface area (Å²) in [5, 5.41) is 6.62. The van der Waals surface area contributed by atoms with Gasteiger partial charge in [0.1, 0.15) is 12.1 Å². The van der Waals surface area contributed by atoms with Crippen LogP contribution in [0.5, 0.6) is 0 Å². The first kappa shape index (κ1) is 11.3. The van der Waals surface area contributed by atoms with Crippen molar-refractivity contribution in [1.29, 1.82) is 0 Å². The zero-order valence-corrected chi connectivity index (χ0v) is 10.1. The minimum Gasteiger partial charge on any atom is -0.369 e. The molecular formula is C12H20N4. The number of rotatable bonds is 5. The van der Waals surface area contributed by atoms with Crippen LogP contribution in [0.1, 0.15) is 24.6 Å². The molecule has 2 rings (SSSR count). The highest BCUT2D eigenvalue weighted by molar-refractivity contribution is 5.47. The highest BCUT2D eigenvalue weighted by Gasteiger charge is 2.16. The van der Waals surface area contributed by atoms with Crippen molar-refractivity contribution < 1.29 is 0 Å². The van der Waals surface area contributed by atoms with Crippen LogP contribution in [-0.2, 0) is 12.8 Å². The molecule has 4 nitrogen and oxygen atoms in total. The van der Waals surface area contributed by atoms with Gasteiger partial charge in [-0.05, 0) is 38.8 Å². The summed E-state index contributed by atoms with van der Waals surface area (Å²) in [7, 11) is 1.99. The maximum Gasteiger partial charge on any atom is 0.132 e. The topological polar surface area (TPSA) is 49.8 Å². The van der Waals surface area contributed by atoms with Crippen molar-refractivity contribution in [1.82, 2.24) is 15.3 Å². The van der Waals surface area contributed by atoms with Crippen LogP contribution >= 0.6 is 0 Å². The fourth-order valence-electron chi connectivity index (χ4n) is 2.20. The maximum absolute atomic E-state index is 4.34. The van der Waals surface area contributed by atoms with E-state index < -0.39 is 0 Å². The van der Waals surface area contributed by atoms with Gasteiger partial charge in [-0.25, -0.2) is 9.97 Å². The van der Waals surface area contributed by atoms with Gasteiger partial charge in [-0.1, -0.05) is 6.92 Å². The Labute approximate surface area is 96.9 Å². The second-order valence-electron chi connectivity index (χ2n) is 4.54. The molecule has 1 aromatic heterocycles. The number of hydrogen-bond donors (Lipinski definition) is 2. The number of nitrogens with one attached hydrogen (secondary N) is 2. The van der Waals surface area contributed by atoms with Crippen molar-refractivity contribution in [2.45, 2.75) is 26.2 Å². The van der Waals surface area contributed by atoms with Crippen molar-refractivity contribution in [3.63, 3.8) is 0 Å². The lowest BCUT2D eigenvalue weighted by Crippen LogP contribution is -2.23. The molecule has 1 atom stereocenters. The molecule has 0 aliphatic heterocycles. The number of nitrogens with zero attached hydrogens (tertiary/aromatic N) is 2. The van der Waals surface area contributed by atoms with Crippen LogP contribution in [0.2, 0.25) is 0 Å². The number of aryl methyl sites for hydroxylation is 1. The molecule has 0 saturated heterocycles. The summed E-state index contributed by atoms with van der Waals surface area (Å²) in [5.74, 6) is 1.66. The average Bonchev–Trinajstić information content (AvgIpc) is 2.75. The zero-order valence-electron chi connectivity index (χ0n) is 10.1. The first-order valence-electron chi connectivity index (χ1n) is 6.02. The van der Waals surface area contributed by atoms with Gasteiger partial charge in [0.25, 0.3) is 0 Å². The third-order valence-corrected chi connectivity index (χ3v) is 3.05. The Kier molecular flexibility index (Phi) is 3.72. The highest BCUT2D eigenvalue weighted by atomic mass is 15.0. The van der Waals surface area contributed by atoms with Crippen LogP contribution in [0.15, 0.2) is 6.33 Å². The minimum atomic E-state index is 0.608. The van der Waals surface area contributed by atoms with Gasteiger partial charge in [0, 0.05) is 17.8 Å². The number of anilines is 1. The third-order valence-electron chi connectivity index (χ3n) is 3.05. The van der Waals surface area contributed by atoms with Crippen LogP contribution in [-0.4, -0.2) is 30.1 Å². The summed E-state index contributed by atoms with van der Waals surface area (Å²) < 4.78 is 0. The van der Waals surface area contributed by atoms with E-state index in [1.165, 1.54) is 17.7 Å². The molecule has 88 valence electrons. The molecule has 0 spiro atoms. The molecule has 16 heavy (non-hydrogen) atoms. The predicted molar refractivity (Wildman–Crippen MR) is 65.6 cm³/mol. The van der Waals surface area contributed by atoms with Gasteiger partial charge >= 0.3 is 0 Å². The van der Waals surface area contributed by atoms with Crippen LogP contribution < -0.4 is 10.6 Å². The quantitative estimate of drug-likeness (QED) is 0.783. The van der Waals surface area contributed by atoms with Gasteiger partial charge in [0.15, 0.2) is 0 Å². The average molecular weight is 220 g/mol. The summed E-state index contributed by atoms with van der Waals surface area (Å²) >= 11 is 0. The molecule has 0 radical (unpaired) electrons. The van der Waals surface area contributed by atoms with E-state index in [1.54, 1.807) is 6.33 Å². The molecule has 1 heterocycles. The summed E-state index contributed by atoms with van der Waals surface area (Å²) in [6.07, 6.45) is 5.13. The molecular weight excluding hydrogens is 200 g/mol. The van der Waals surface area contributed by atoms with Crippen LogP contribution in [0.3, 0.4) is 0 Å². The fraction of sp³-hybridized carbons (Fsp3) is 0.667. The molecule has 0 saturated carbocycles. The van der Waals surface area contributed by atoms with E-state index in [4.69, 9.17) is 0 Å². The number of fused-ring (bicyclic) bond motifs is 1. The van der Waals surface area contributed by atoms with Crippen molar-refractivity contribution in [2.24, 2.45) is 5.92 Å². The van der Waals surface area contributed by atoms with Gasteiger partial charge in [0.05, 0.1) is 0 Å². The Bertz CT molecular complexity index is 351. The lowest BCUT2D eigenvalue weighted by molar-refractivity contribution is 0.568. The van der Waals surface area contributed by atoms with E-state index in [-0.39, 0.29) is 0 Å². The first-order valence-corrected chi connectivity index (χ1v) is 6.02. The Hall–Kier alpha value is -1.16. The van der Waals surface area contributed by atoms with Gasteiger partial charge in [-0.15, -0.1) is 0 Å². The Morgan fingerprint density at radius 1 is 1.31 bits per heavy atom. The second kappa shape index (κ2) is 5.25. The van der Waals surface area contributed by atoms with E-state index in [1.807, 2.05) is 7.05 Å². The Balaban J connectivity index is 1.97. The Morgan fingerprint density at radius 2 is 2.19 bits per heavy atom. The van der Waals surface area contributed by atoms with Gasteiger partial charge in [-0.2, -0.15) is 0 Å². The number of aromatic nitrogens is 2. The summed E-state index contributed by atoms with van der Waals surface area (Å²) in [5.41, 5.74) is 2.57. The maximum atomic E-state index is 4.34. The second-order valence-corrected chi connectivity index (χ2v) is 4.54. The van der Waals surface area contributed by atoms with E-state index in [0.717, 1.165) is 31.7 Å². The van der Waals surface area contributed by atoms with E-state index in [9.17, 15) is 0 Å². The van der Waals surface area contributed by atoms with Crippen molar-refractivity contribution >= 4 is 5.82 Å². The molecule has 4 heteroatoms. The van der Waals surface area contributed by atoms with Gasteiger partial charge in [-0.3, -0.25) is 0 Å². The lowest BCUT2D eigenvalue weighted by atomic mass is 10.1. The SMILES string of the molecule is CNCC(C)CNc1ncnc2c1CCC2. The molecule has 1 aliphatic carbocycles. The third kappa shape index (κ3) is 2.50. The van der Waals surface area contributed by atoms with Crippen LogP contribution in [0.4, 0.5) is 5.82 Å². The largest absolute Gasteiger partial charge is 0.369 e. The molecule has 1 aromatic rings. The smallest absolute Gasteiger partial charge is 0.132 e. The van der Waals surface area contributed by atoms with Crippen molar-refractivity contribution in [3.05, 3.63) is 17.6 Å². The minimum absolute atomic E-state index is 0.608. The molecule has 0 fully saturated rings. The summed E-state index contributed by atoms with van der Waals surface area (Å²) in [4.78, 5) is 8.66. The van der Waals surface area contributed by atoms with E-state index >= 15 is 0 Å². The van der Waals surface area contributed by atoms with Crippen molar-refractivity contribution in [2.75, 3.05) is 25.5 Å². The molecule has 0 aromatic carbocycles. The van der Waals surface area contributed by atoms with Crippen molar-refractivity contribution in [3.8, 4) is 0 Å². The lowest BCUT2D eigenvalue weighted by Gasteiger charge is -2.14. The molecule has 0 bridgehead atoms. The molecule has 1 unspecified atom stereocenters. The van der Waals surface area contributed by atoms with Crippen LogP contribution in [0.25, 0.3) is 0 Å². The summed E-state index contributed by atoms with van der Waals surface area (Å²) in [6.45, 7) is 4.22. The van der Waals surface area contributed by atoms with Gasteiger partial charge < -0.3 is 10.6 Å². The van der Waals surface area contributed by atoms with E-state index in [0.29, 0.717) is 5.92 Å². The normalized spacial score (nSPS) is 15.9. The number of hydrogen-bond acceptors (Lipinski definition) is 4. The summed E-state index contributed by atoms with van der Waals surface area (Å²) in [6, 6.07) is 0. The predicted octanol–water partition coefficient (Wildman–Crippen LogP) is 1.23. The first-order chi connectivity index (χ1) is 7.81.